The smallest absolute Gasteiger partial charge is 0.410 e. The van der Waals surface area contributed by atoms with Crippen LogP contribution in [0.4, 0.5) is 4.79 Å². The number of piperazine rings is 1. The van der Waals surface area contributed by atoms with Crippen LogP contribution < -0.4 is 4.74 Å². The molecule has 5 nitrogen and oxygen atoms in total. The predicted octanol–water partition coefficient (Wildman–Crippen LogP) is 5.47. The fourth-order valence-electron chi connectivity index (χ4n) is 3.52. The number of carbonyl (C=O) groups excluding carboxylic acids is 1. The van der Waals surface area contributed by atoms with E-state index in [1.807, 2.05) is 49.9 Å². The summed E-state index contributed by atoms with van der Waals surface area (Å²) in [6, 6.07) is 16.5. The molecular weight excluding hydrogens is 444 g/mol. The van der Waals surface area contributed by atoms with Gasteiger partial charge in [0.25, 0.3) is 0 Å². The van der Waals surface area contributed by atoms with Gasteiger partial charge in [-0.2, -0.15) is 0 Å². The van der Waals surface area contributed by atoms with E-state index in [1.54, 1.807) is 0 Å². The number of benzene rings is 2. The van der Waals surface area contributed by atoms with Crippen molar-refractivity contribution in [3.05, 3.63) is 64.1 Å². The fraction of sp³-hybridized carbons (Fsp3) is 0.458. The molecule has 1 atom stereocenters. The first-order chi connectivity index (χ1) is 14.2. The quantitative estimate of drug-likeness (QED) is 0.575. The van der Waals surface area contributed by atoms with Gasteiger partial charge in [0.05, 0.1) is 4.47 Å². The lowest BCUT2D eigenvalue weighted by Crippen LogP contribution is -2.54. The number of amides is 1. The maximum absolute atomic E-state index is 12.4. The van der Waals surface area contributed by atoms with E-state index in [-0.39, 0.29) is 12.1 Å². The van der Waals surface area contributed by atoms with Crippen molar-refractivity contribution in [1.82, 2.24) is 9.80 Å². The van der Waals surface area contributed by atoms with E-state index in [0.717, 1.165) is 35.4 Å². The number of rotatable bonds is 5. The molecular formula is C24H31BrN2O3. The van der Waals surface area contributed by atoms with E-state index >= 15 is 0 Å². The molecule has 0 spiro atoms. The van der Waals surface area contributed by atoms with Crippen LogP contribution in [0.1, 0.15) is 38.8 Å². The maximum atomic E-state index is 12.4. The first kappa shape index (κ1) is 22.6. The first-order valence-electron chi connectivity index (χ1n) is 10.4. The number of hydrogen-bond acceptors (Lipinski definition) is 4. The molecule has 1 amide bonds. The first-order valence-corrected chi connectivity index (χ1v) is 11.2. The van der Waals surface area contributed by atoms with Gasteiger partial charge in [-0.25, -0.2) is 4.79 Å². The van der Waals surface area contributed by atoms with Gasteiger partial charge in [-0.1, -0.05) is 36.4 Å². The van der Waals surface area contributed by atoms with Crippen LogP contribution in [0.5, 0.6) is 5.75 Å². The second-order valence-corrected chi connectivity index (χ2v) is 9.65. The molecule has 2 aromatic carbocycles. The Kier molecular flexibility index (Phi) is 7.42. The zero-order chi connectivity index (χ0) is 21.7. The Balaban J connectivity index is 1.57. The molecule has 1 saturated heterocycles. The summed E-state index contributed by atoms with van der Waals surface area (Å²) in [5.74, 6) is 0.844. The summed E-state index contributed by atoms with van der Waals surface area (Å²) in [6.07, 6.45) is -0.227. The fourth-order valence-corrected chi connectivity index (χ4v) is 3.88. The van der Waals surface area contributed by atoms with Crippen molar-refractivity contribution in [2.45, 2.75) is 52.5 Å². The summed E-state index contributed by atoms with van der Waals surface area (Å²) >= 11 is 3.59. The van der Waals surface area contributed by atoms with Crippen LogP contribution in [0, 0.1) is 0 Å². The molecule has 1 heterocycles. The molecule has 6 heteroatoms. The molecule has 2 aromatic rings. The second kappa shape index (κ2) is 9.84. The lowest BCUT2D eigenvalue weighted by atomic mass is 10.1. The Morgan fingerprint density at radius 3 is 2.50 bits per heavy atom. The summed E-state index contributed by atoms with van der Waals surface area (Å²) in [5, 5.41) is 0. The van der Waals surface area contributed by atoms with Crippen molar-refractivity contribution in [1.29, 1.82) is 0 Å². The molecule has 30 heavy (non-hydrogen) atoms. The average Bonchev–Trinajstić information content (AvgIpc) is 2.68. The van der Waals surface area contributed by atoms with E-state index in [9.17, 15) is 4.79 Å². The molecule has 0 N–H and O–H groups in total. The Bertz CT molecular complexity index is 851. The summed E-state index contributed by atoms with van der Waals surface area (Å²) in [5.41, 5.74) is 1.86. The van der Waals surface area contributed by atoms with E-state index in [4.69, 9.17) is 9.47 Å². The average molecular weight is 475 g/mol. The summed E-state index contributed by atoms with van der Waals surface area (Å²) in [7, 11) is 0. The molecule has 0 aromatic heterocycles. The summed E-state index contributed by atoms with van der Waals surface area (Å²) in [4.78, 5) is 16.6. The van der Waals surface area contributed by atoms with Crippen LogP contribution in [-0.2, 0) is 17.9 Å². The molecule has 1 unspecified atom stereocenters. The third-order valence-corrected chi connectivity index (χ3v) is 5.63. The molecule has 1 aliphatic rings. The van der Waals surface area contributed by atoms with Crippen LogP contribution >= 0.6 is 15.9 Å². The number of hydrogen-bond donors (Lipinski definition) is 0. The third kappa shape index (κ3) is 6.47. The zero-order valence-corrected chi connectivity index (χ0v) is 19.8. The molecule has 3 rings (SSSR count). The zero-order valence-electron chi connectivity index (χ0n) is 18.2. The minimum absolute atomic E-state index is 0.109. The Morgan fingerprint density at radius 2 is 1.83 bits per heavy atom. The molecule has 162 valence electrons. The Hall–Kier alpha value is -2.05. The normalized spacial score (nSPS) is 17.6. The highest BCUT2D eigenvalue weighted by molar-refractivity contribution is 9.10. The lowest BCUT2D eigenvalue weighted by Gasteiger charge is -2.40. The molecule has 0 radical (unpaired) electrons. The van der Waals surface area contributed by atoms with Crippen LogP contribution in [0.3, 0.4) is 0 Å². The van der Waals surface area contributed by atoms with Crippen LogP contribution in [0.15, 0.2) is 53.0 Å². The van der Waals surface area contributed by atoms with Crippen LogP contribution in [0.25, 0.3) is 0 Å². The molecule has 1 aliphatic heterocycles. The van der Waals surface area contributed by atoms with Gasteiger partial charge in [-0.05, 0) is 66.9 Å². The predicted molar refractivity (Wildman–Crippen MR) is 123 cm³/mol. The summed E-state index contributed by atoms with van der Waals surface area (Å²) < 4.78 is 12.5. The summed E-state index contributed by atoms with van der Waals surface area (Å²) in [6.45, 7) is 11.4. The Morgan fingerprint density at radius 1 is 1.10 bits per heavy atom. The SMILES string of the molecule is CC1CN(Cc2ccc(Br)c(OCc3ccccc3)c2)CCN1C(=O)OC(C)(C)C. The van der Waals surface area contributed by atoms with Gasteiger partial charge in [0.1, 0.15) is 18.0 Å². The number of nitrogens with zero attached hydrogens (tertiary/aromatic N) is 2. The molecule has 0 aliphatic carbocycles. The highest BCUT2D eigenvalue weighted by Crippen LogP contribution is 2.28. The molecule has 1 fully saturated rings. The van der Waals surface area contributed by atoms with E-state index in [0.29, 0.717) is 13.2 Å². The highest BCUT2D eigenvalue weighted by Gasteiger charge is 2.30. The van der Waals surface area contributed by atoms with E-state index < -0.39 is 5.60 Å². The van der Waals surface area contributed by atoms with Gasteiger partial charge >= 0.3 is 6.09 Å². The standard InChI is InChI=1S/C24H31BrN2O3/c1-18-15-26(12-13-27(18)23(28)30-24(2,3)4)16-20-10-11-21(25)22(14-20)29-17-19-8-6-5-7-9-19/h5-11,14,18H,12-13,15-17H2,1-4H3. The van der Waals surface area contributed by atoms with Gasteiger partial charge in [0, 0.05) is 32.2 Å². The number of ether oxygens (including phenoxy) is 2. The van der Waals surface area contributed by atoms with Gasteiger partial charge in [0.15, 0.2) is 0 Å². The lowest BCUT2D eigenvalue weighted by molar-refractivity contribution is 0.000559. The van der Waals surface area contributed by atoms with Gasteiger partial charge in [0.2, 0.25) is 0 Å². The monoisotopic (exact) mass is 474 g/mol. The van der Waals surface area contributed by atoms with Crippen molar-refractivity contribution < 1.29 is 14.3 Å². The second-order valence-electron chi connectivity index (χ2n) is 8.80. The van der Waals surface area contributed by atoms with Gasteiger partial charge in [-0.3, -0.25) is 4.90 Å². The van der Waals surface area contributed by atoms with Crippen LogP contribution in [0.2, 0.25) is 0 Å². The topological polar surface area (TPSA) is 42.0 Å². The maximum Gasteiger partial charge on any atom is 0.410 e. The van der Waals surface area contributed by atoms with E-state index in [1.165, 1.54) is 5.56 Å². The Labute approximate surface area is 188 Å². The van der Waals surface area contributed by atoms with Crippen molar-refractivity contribution in [3.63, 3.8) is 0 Å². The van der Waals surface area contributed by atoms with E-state index in [2.05, 4.69) is 52.0 Å². The highest BCUT2D eigenvalue weighted by atomic mass is 79.9. The largest absolute Gasteiger partial charge is 0.488 e. The minimum Gasteiger partial charge on any atom is -0.488 e. The van der Waals surface area contributed by atoms with Crippen LogP contribution in [-0.4, -0.2) is 47.2 Å². The van der Waals surface area contributed by atoms with Crippen molar-refractivity contribution in [2.75, 3.05) is 19.6 Å². The molecule has 0 bridgehead atoms. The minimum atomic E-state index is -0.471. The number of carbonyl (C=O) groups is 1. The third-order valence-electron chi connectivity index (χ3n) is 4.98. The van der Waals surface area contributed by atoms with Crippen molar-refractivity contribution >= 4 is 22.0 Å². The van der Waals surface area contributed by atoms with Crippen molar-refractivity contribution in [2.24, 2.45) is 0 Å². The number of halogens is 1. The van der Waals surface area contributed by atoms with Gasteiger partial charge in [-0.15, -0.1) is 0 Å². The molecule has 0 saturated carbocycles. The van der Waals surface area contributed by atoms with Crippen molar-refractivity contribution in [3.8, 4) is 5.75 Å². The van der Waals surface area contributed by atoms with Gasteiger partial charge < -0.3 is 14.4 Å².